The molecule has 0 aliphatic carbocycles. The Morgan fingerprint density at radius 1 is 0.833 bits per heavy atom. The van der Waals surface area contributed by atoms with E-state index >= 15 is 0 Å². The fraction of sp³-hybridized carbons (Fsp3) is 0.640. The highest BCUT2D eigenvalue weighted by atomic mass is 16.5. The van der Waals surface area contributed by atoms with E-state index in [1.807, 2.05) is 0 Å². The fourth-order valence-electron chi connectivity index (χ4n) is 3.34. The van der Waals surface area contributed by atoms with Crippen LogP contribution in [0, 0.1) is 0 Å². The van der Waals surface area contributed by atoms with Crippen LogP contribution in [0.15, 0.2) is 18.2 Å². The molecule has 0 fully saturated rings. The third-order valence-corrected chi connectivity index (χ3v) is 5.16. The molecular weight excluding hydrogens is 380 g/mol. The minimum absolute atomic E-state index is 0.0632. The quantitative estimate of drug-likeness (QED) is 0.173. The third-order valence-electron chi connectivity index (χ3n) is 5.16. The molecule has 5 nitrogen and oxygen atoms in total. The molecule has 1 rings (SSSR count). The second-order valence-electron chi connectivity index (χ2n) is 7.66. The Kier molecular flexibility index (Phi) is 14.3. The lowest BCUT2D eigenvalue weighted by Crippen LogP contribution is -2.02. The number of unbranched alkanes of at least 4 members (excludes halogenated alkanes) is 11. The van der Waals surface area contributed by atoms with Crippen molar-refractivity contribution in [2.24, 2.45) is 0 Å². The van der Waals surface area contributed by atoms with Gasteiger partial charge in [0, 0.05) is 6.08 Å². The molecule has 0 unspecified atom stereocenters. The number of phenols is 1. The number of esters is 1. The lowest BCUT2D eigenvalue weighted by molar-refractivity contribution is -0.137. The molecule has 0 amide bonds. The van der Waals surface area contributed by atoms with Gasteiger partial charge in [-0.3, -0.25) is 0 Å². The van der Waals surface area contributed by atoms with Crippen LogP contribution in [0.4, 0.5) is 0 Å². The summed E-state index contributed by atoms with van der Waals surface area (Å²) in [5.41, 5.74) is 0.684. The summed E-state index contributed by atoms with van der Waals surface area (Å²) in [6.07, 6.45) is 18.4. The fourth-order valence-corrected chi connectivity index (χ4v) is 3.34. The zero-order chi connectivity index (χ0) is 22.0. The Bertz CT molecular complexity index is 599. The number of methoxy groups -OCH3 is 2. The average molecular weight is 421 g/mol. The molecule has 0 aliphatic rings. The summed E-state index contributed by atoms with van der Waals surface area (Å²) in [6.45, 7) is 2.70. The summed E-state index contributed by atoms with van der Waals surface area (Å²) < 4.78 is 15.5. The van der Waals surface area contributed by atoms with Gasteiger partial charge in [-0.25, -0.2) is 4.79 Å². The molecule has 1 aromatic rings. The molecule has 30 heavy (non-hydrogen) atoms. The van der Waals surface area contributed by atoms with E-state index in [1.54, 1.807) is 18.2 Å². The monoisotopic (exact) mass is 420 g/mol. The first kappa shape index (κ1) is 25.9. The van der Waals surface area contributed by atoms with Crippen LogP contribution in [0.1, 0.15) is 89.5 Å². The number of carbonyl (C=O) groups excluding carboxylic acids is 1. The van der Waals surface area contributed by atoms with Crippen LogP contribution in [0.5, 0.6) is 17.2 Å². The number of phenolic OH excluding ortho intramolecular Hbond substituents is 1. The van der Waals surface area contributed by atoms with E-state index in [2.05, 4.69) is 6.92 Å². The smallest absolute Gasteiger partial charge is 0.330 e. The van der Waals surface area contributed by atoms with E-state index < -0.39 is 0 Å². The highest BCUT2D eigenvalue weighted by Gasteiger charge is 2.10. The third kappa shape index (κ3) is 11.1. The maximum absolute atomic E-state index is 11.9. The molecule has 0 saturated heterocycles. The van der Waals surface area contributed by atoms with Crippen LogP contribution in [0.3, 0.4) is 0 Å². The van der Waals surface area contributed by atoms with E-state index in [-0.39, 0.29) is 11.7 Å². The van der Waals surface area contributed by atoms with Gasteiger partial charge in [-0.15, -0.1) is 0 Å². The second kappa shape index (κ2) is 16.6. The summed E-state index contributed by atoms with van der Waals surface area (Å²) in [5, 5.41) is 9.91. The summed E-state index contributed by atoms with van der Waals surface area (Å²) >= 11 is 0. The largest absolute Gasteiger partial charge is 0.502 e. The SMILES string of the molecule is CCCCCCCCCCCCCCOC(=O)/C=C/c1cc(OC)c(O)c(OC)c1. The zero-order valence-electron chi connectivity index (χ0n) is 19.1. The van der Waals surface area contributed by atoms with Crippen LogP contribution in [-0.4, -0.2) is 31.9 Å². The molecule has 0 aromatic heterocycles. The number of ether oxygens (including phenoxy) is 3. The lowest BCUT2D eigenvalue weighted by Gasteiger charge is -2.09. The van der Waals surface area contributed by atoms with Gasteiger partial charge >= 0.3 is 5.97 Å². The van der Waals surface area contributed by atoms with Gasteiger partial charge in [-0.05, 0) is 30.2 Å². The van der Waals surface area contributed by atoms with E-state index in [4.69, 9.17) is 14.2 Å². The lowest BCUT2D eigenvalue weighted by atomic mass is 10.1. The Balaban J connectivity index is 2.11. The van der Waals surface area contributed by atoms with Crippen LogP contribution in [0.2, 0.25) is 0 Å². The molecule has 1 N–H and O–H groups in total. The van der Waals surface area contributed by atoms with Gasteiger partial charge in [0.25, 0.3) is 0 Å². The zero-order valence-corrected chi connectivity index (χ0v) is 19.1. The number of carbonyl (C=O) groups is 1. The summed E-state index contributed by atoms with van der Waals surface area (Å²) in [4.78, 5) is 11.9. The summed E-state index contributed by atoms with van der Waals surface area (Å²) in [5.74, 6) is 0.147. The van der Waals surface area contributed by atoms with E-state index in [0.717, 1.165) is 12.8 Å². The minimum atomic E-state index is -0.371. The molecule has 0 spiro atoms. The first-order chi connectivity index (χ1) is 14.6. The first-order valence-electron chi connectivity index (χ1n) is 11.4. The second-order valence-corrected chi connectivity index (χ2v) is 7.66. The van der Waals surface area contributed by atoms with Gasteiger partial charge in [0.15, 0.2) is 11.5 Å². The Morgan fingerprint density at radius 2 is 1.30 bits per heavy atom. The normalized spacial score (nSPS) is 11.0. The summed E-state index contributed by atoms with van der Waals surface area (Å²) in [6, 6.07) is 3.26. The van der Waals surface area contributed by atoms with Crippen LogP contribution in [0.25, 0.3) is 6.08 Å². The maximum atomic E-state index is 11.9. The molecular formula is C25H40O5. The molecule has 1 aromatic carbocycles. The molecule has 0 saturated carbocycles. The van der Waals surface area contributed by atoms with Crippen LogP contribution < -0.4 is 9.47 Å². The standard InChI is InChI=1S/C25H40O5/c1-4-5-6-7-8-9-10-11-12-13-14-15-18-30-24(26)17-16-21-19-22(28-2)25(27)23(20-21)29-3/h16-17,19-20,27H,4-15,18H2,1-3H3/b17-16+. The molecule has 0 heterocycles. The topological polar surface area (TPSA) is 65.0 Å². The molecule has 0 aliphatic heterocycles. The number of benzene rings is 1. The van der Waals surface area contributed by atoms with Gasteiger partial charge in [-0.2, -0.15) is 0 Å². The number of hydrogen-bond acceptors (Lipinski definition) is 5. The number of aromatic hydroxyl groups is 1. The molecule has 0 atom stereocenters. The van der Waals surface area contributed by atoms with Gasteiger partial charge in [0.2, 0.25) is 5.75 Å². The van der Waals surface area contributed by atoms with Crippen molar-refractivity contribution < 1.29 is 24.1 Å². The predicted octanol–water partition coefficient (Wildman–Crippen LogP) is 6.67. The summed E-state index contributed by atoms with van der Waals surface area (Å²) in [7, 11) is 2.93. The predicted molar refractivity (Wildman–Crippen MR) is 122 cm³/mol. The van der Waals surface area contributed by atoms with E-state index in [1.165, 1.54) is 84.5 Å². The van der Waals surface area contributed by atoms with Crippen molar-refractivity contribution in [3.05, 3.63) is 23.8 Å². The van der Waals surface area contributed by atoms with Crippen molar-refractivity contribution in [1.82, 2.24) is 0 Å². The average Bonchev–Trinajstić information content (AvgIpc) is 2.76. The van der Waals surface area contributed by atoms with Crippen molar-refractivity contribution in [3.63, 3.8) is 0 Å². The molecule has 0 bridgehead atoms. The Labute approximate surface area is 182 Å². The first-order valence-corrected chi connectivity index (χ1v) is 11.4. The van der Waals surface area contributed by atoms with Gasteiger partial charge < -0.3 is 19.3 Å². The van der Waals surface area contributed by atoms with Gasteiger partial charge in [-0.1, -0.05) is 77.6 Å². The number of hydrogen-bond donors (Lipinski definition) is 1. The maximum Gasteiger partial charge on any atom is 0.330 e. The van der Waals surface area contributed by atoms with Gasteiger partial charge in [0.05, 0.1) is 20.8 Å². The van der Waals surface area contributed by atoms with Crippen molar-refractivity contribution >= 4 is 12.0 Å². The highest BCUT2D eigenvalue weighted by Crippen LogP contribution is 2.37. The molecule has 170 valence electrons. The van der Waals surface area contributed by atoms with Crippen molar-refractivity contribution in [2.75, 3.05) is 20.8 Å². The van der Waals surface area contributed by atoms with Gasteiger partial charge in [0.1, 0.15) is 0 Å². The molecule has 5 heteroatoms. The molecule has 0 radical (unpaired) electrons. The van der Waals surface area contributed by atoms with Crippen molar-refractivity contribution in [2.45, 2.75) is 84.0 Å². The minimum Gasteiger partial charge on any atom is -0.502 e. The van der Waals surface area contributed by atoms with E-state index in [0.29, 0.717) is 23.7 Å². The van der Waals surface area contributed by atoms with Crippen LogP contribution >= 0.6 is 0 Å². The highest BCUT2D eigenvalue weighted by molar-refractivity contribution is 5.87. The Morgan fingerprint density at radius 3 is 1.77 bits per heavy atom. The van der Waals surface area contributed by atoms with E-state index in [9.17, 15) is 9.90 Å². The van der Waals surface area contributed by atoms with Crippen molar-refractivity contribution in [3.8, 4) is 17.2 Å². The Hall–Kier alpha value is -2.17. The van der Waals surface area contributed by atoms with Crippen LogP contribution in [-0.2, 0) is 9.53 Å². The number of rotatable bonds is 17. The van der Waals surface area contributed by atoms with Crippen molar-refractivity contribution in [1.29, 1.82) is 0 Å².